The van der Waals surface area contributed by atoms with Crippen molar-refractivity contribution in [1.29, 1.82) is 0 Å². The zero-order valence-corrected chi connectivity index (χ0v) is 25.6. The Hall–Kier alpha value is -3.99. The van der Waals surface area contributed by atoms with Gasteiger partial charge in [-0.3, -0.25) is 19.4 Å². The number of hydrogen-bond donors (Lipinski definition) is 1. The van der Waals surface area contributed by atoms with E-state index in [0.29, 0.717) is 34.5 Å². The molecule has 2 aliphatic rings. The molecule has 1 unspecified atom stereocenters. The van der Waals surface area contributed by atoms with Gasteiger partial charge in [0.1, 0.15) is 17.5 Å². The lowest BCUT2D eigenvalue weighted by Crippen LogP contribution is -2.47. The number of anilines is 2. The Bertz CT molecular complexity index is 1400. The van der Waals surface area contributed by atoms with Crippen LogP contribution < -0.4 is 19.7 Å². The van der Waals surface area contributed by atoms with Gasteiger partial charge in [-0.2, -0.15) is 0 Å². The highest BCUT2D eigenvalue weighted by molar-refractivity contribution is 7.80. The van der Waals surface area contributed by atoms with Crippen molar-refractivity contribution < 1.29 is 19.1 Å². The highest BCUT2D eigenvalue weighted by Gasteiger charge is 2.44. The van der Waals surface area contributed by atoms with Crippen molar-refractivity contribution in [3.8, 4) is 11.5 Å². The van der Waals surface area contributed by atoms with Crippen LogP contribution in [0.2, 0.25) is 0 Å². The van der Waals surface area contributed by atoms with E-state index >= 15 is 0 Å². The predicted molar refractivity (Wildman–Crippen MR) is 173 cm³/mol. The van der Waals surface area contributed by atoms with Crippen LogP contribution >= 0.6 is 12.2 Å². The van der Waals surface area contributed by atoms with E-state index < -0.39 is 6.04 Å². The smallest absolute Gasteiger partial charge is 0.256 e. The molecule has 3 aromatic rings. The molecule has 2 amide bonds. The third-order valence-corrected chi connectivity index (χ3v) is 8.39. The highest BCUT2D eigenvalue weighted by Crippen LogP contribution is 2.30. The standard InChI is InChI=1S/C33H39N5O4S/c1-41-28-14-12-26(13-15-28)34-31(39)23-30-32(40)38(27-10-6-11-29(22-27)42-2)33(43)37(30)17-7-16-35-18-20-36(21-19-35)24-25-8-4-3-5-9-25/h3-6,8-15,22,30H,7,16-21,23-24H2,1-2H3,(H,34,39). The minimum absolute atomic E-state index is 0.0103. The van der Waals surface area contributed by atoms with Crippen LogP contribution in [0.5, 0.6) is 11.5 Å². The number of nitrogens with zero attached hydrogens (tertiary/aromatic N) is 4. The maximum absolute atomic E-state index is 13.8. The first-order valence-corrected chi connectivity index (χ1v) is 15.1. The molecule has 2 aliphatic heterocycles. The van der Waals surface area contributed by atoms with Crippen molar-refractivity contribution in [1.82, 2.24) is 14.7 Å². The second kappa shape index (κ2) is 14.5. The van der Waals surface area contributed by atoms with E-state index in [2.05, 4.69) is 45.4 Å². The number of ether oxygens (including phenoxy) is 2. The summed E-state index contributed by atoms with van der Waals surface area (Å²) in [7, 11) is 3.18. The lowest BCUT2D eigenvalue weighted by atomic mass is 10.1. The summed E-state index contributed by atoms with van der Waals surface area (Å²) < 4.78 is 10.6. The number of carbonyl (C=O) groups is 2. The molecule has 10 heteroatoms. The Morgan fingerprint density at radius 2 is 1.56 bits per heavy atom. The van der Waals surface area contributed by atoms with E-state index in [0.717, 1.165) is 45.7 Å². The second-order valence-corrected chi connectivity index (χ2v) is 11.2. The van der Waals surface area contributed by atoms with Crippen molar-refractivity contribution in [2.24, 2.45) is 0 Å². The summed E-state index contributed by atoms with van der Waals surface area (Å²) in [5.41, 5.74) is 2.61. The van der Waals surface area contributed by atoms with Gasteiger partial charge >= 0.3 is 0 Å². The maximum atomic E-state index is 13.8. The van der Waals surface area contributed by atoms with E-state index in [1.165, 1.54) is 10.5 Å². The van der Waals surface area contributed by atoms with Gasteiger partial charge in [0.2, 0.25) is 5.91 Å². The number of piperazine rings is 1. The molecular formula is C33H39N5O4S. The van der Waals surface area contributed by atoms with Crippen LogP contribution in [-0.4, -0.2) is 91.2 Å². The maximum Gasteiger partial charge on any atom is 0.256 e. The lowest BCUT2D eigenvalue weighted by molar-refractivity contribution is -0.124. The van der Waals surface area contributed by atoms with Crippen LogP contribution in [0.4, 0.5) is 11.4 Å². The van der Waals surface area contributed by atoms with Gasteiger partial charge in [-0.05, 0) is 67.1 Å². The lowest BCUT2D eigenvalue weighted by Gasteiger charge is -2.35. The summed E-state index contributed by atoms with van der Waals surface area (Å²) in [6, 6.07) is 24.3. The molecule has 0 spiro atoms. The molecule has 0 bridgehead atoms. The Labute approximate surface area is 259 Å². The van der Waals surface area contributed by atoms with Gasteiger partial charge in [0.05, 0.1) is 26.3 Å². The average molecular weight is 602 g/mol. The average Bonchev–Trinajstić information content (AvgIpc) is 3.26. The van der Waals surface area contributed by atoms with Gasteiger partial charge in [-0.15, -0.1) is 0 Å². The number of thiocarbonyl (C=S) groups is 1. The Morgan fingerprint density at radius 1 is 0.860 bits per heavy atom. The molecular weight excluding hydrogens is 562 g/mol. The van der Waals surface area contributed by atoms with E-state index in [1.54, 1.807) is 44.6 Å². The van der Waals surface area contributed by atoms with Crippen LogP contribution in [-0.2, 0) is 16.1 Å². The van der Waals surface area contributed by atoms with E-state index in [-0.39, 0.29) is 18.2 Å². The summed E-state index contributed by atoms with van der Waals surface area (Å²) in [4.78, 5) is 35.3. The minimum Gasteiger partial charge on any atom is -0.497 e. The first kappa shape index (κ1) is 30.5. The molecule has 2 saturated heterocycles. The van der Waals surface area contributed by atoms with Crippen LogP contribution in [0, 0.1) is 0 Å². The second-order valence-electron chi connectivity index (χ2n) is 10.8. The Balaban J connectivity index is 1.21. The third kappa shape index (κ3) is 7.70. The van der Waals surface area contributed by atoms with E-state index in [4.69, 9.17) is 21.7 Å². The zero-order valence-electron chi connectivity index (χ0n) is 24.8. The largest absolute Gasteiger partial charge is 0.497 e. The van der Waals surface area contributed by atoms with Gasteiger partial charge < -0.3 is 24.6 Å². The molecule has 43 heavy (non-hydrogen) atoms. The first-order valence-electron chi connectivity index (χ1n) is 14.7. The molecule has 0 aromatic heterocycles. The molecule has 3 aromatic carbocycles. The highest BCUT2D eigenvalue weighted by atomic mass is 32.1. The fourth-order valence-corrected chi connectivity index (χ4v) is 6.03. The Morgan fingerprint density at radius 3 is 2.26 bits per heavy atom. The number of methoxy groups -OCH3 is 2. The van der Waals surface area contributed by atoms with Crippen LogP contribution in [0.15, 0.2) is 78.9 Å². The van der Waals surface area contributed by atoms with Crippen molar-refractivity contribution in [2.45, 2.75) is 25.4 Å². The zero-order chi connectivity index (χ0) is 30.2. The number of benzene rings is 3. The van der Waals surface area contributed by atoms with Crippen LogP contribution in [0.3, 0.4) is 0 Å². The summed E-state index contributed by atoms with van der Waals surface area (Å²) in [6.45, 7) is 6.49. The summed E-state index contributed by atoms with van der Waals surface area (Å²) in [5.74, 6) is 0.870. The van der Waals surface area contributed by atoms with Gasteiger partial charge in [-0.1, -0.05) is 36.4 Å². The fourth-order valence-electron chi connectivity index (χ4n) is 5.61. The van der Waals surface area contributed by atoms with Gasteiger partial charge in [0.15, 0.2) is 5.11 Å². The molecule has 5 rings (SSSR count). The first-order chi connectivity index (χ1) is 20.9. The molecule has 2 heterocycles. The third-order valence-electron chi connectivity index (χ3n) is 7.97. The molecule has 1 N–H and O–H groups in total. The number of hydrogen-bond acceptors (Lipinski definition) is 7. The van der Waals surface area contributed by atoms with Crippen LogP contribution in [0.25, 0.3) is 0 Å². The number of amides is 2. The quantitative estimate of drug-likeness (QED) is 0.309. The molecule has 1 atom stereocenters. The topological polar surface area (TPSA) is 77.6 Å². The van der Waals surface area contributed by atoms with Gasteiger partial charge in [-0.25, -0.2) is 0 Å². The number of rotatable bonds is 12. The van der Waals surface area contributed by atoms with Crippen molar-refractivity contribution in [3.05, 3.63) is 84.4 Å². The van der Waals surface area contributed by atoms with Crippen molar-refractivity contribution >= 4 is 40.5 Å². The van der Waals surface area contributed by atoms with Gasteiger partial charge in [0.25, 0.3) is 5.91 Å². The molecule has 0 saturated carbocycles. The summed E-state index contributed by atoms with van der Waals surface area (Å²) >= 11 is 5.86. The van der Waals surface area contributed by atoms with Crippen molar-refractivity contribution in [2.75, 3.05) is 63.7 Å². The molecule has 0 aliphatic carbocycles. The van der Waals surface area contributed by atoms with E-state index in [9.17, 15) is 9.59 Å². The molecule has 0 radical (unpaired) electrons. The Kier molecular flexibility index (Phi) is 10.2. The van der Waals surface area contributed by atoms with Crippen molar-refractivity contribution in [3.63, 3.8) is 0 Å². The van der Waals surface area contributed by atoms with Crippen LogP contribution in [0.1, 0.15) is 18.4 Å². The number of carbonyl (C=O) groups excluding carboxylic acids is 2. The number of nitrogens with one attached hydrogen (secondary N) is 1. The summed E-state index contributed by atoms with van der Waals surface area (Å²) in [5, 5.41) is 3.32. The normalized spacial score (nSPS) is 17.8. The van der Waals surface area contributed by atoms with E-state index in [1.807, 2.05) is 23.1 Å². The van der Waals surface area contributed by atoms with Gasteiger partial charge in [0, 0.05) is 51.0 Å². The fraction of sp³-hybridized carbons (Fsp3) is 0.364. The molecule has 226 valence electrons. The SMILES string of the molecule is COc1ccc(NC(=O)CC2C(=O)N(c3cccc(OC)c3)C(=S)N2CCCN2CCN(Cc3ccccc3)CC2)cc1. The summed E-state index contributed by atoms with van der Waals surface area (Å²) in [6.07, 6.45) is 0.818. The molecule has 2 fully saturated rings. The predicted octanol–water partition coefficient (Wildman–Crippen LogP) is 4.24. The minimum atomic E-state index is -0.695. The monoisotopic (exact) mass is 601 g/mol. The molecule has 9 nitrogen and oxygen atoms in total.